The zero-order chi connectivity index (χ0) is 19.1. The van der Waals surface area contributed by atoms with Crippen LogP contribution in [0, 0.1) is 0 Å². The van der Waals surface area contributed by atoms with Crippen LogP contribution in [0.15, 0.2) is 0 Å². The minimum atomic E-state index is -2.02. The zero-order valence-electron chi connectivity index (χ0n) is 17.5. The van der Waals surface area contributed by atoms with Crippen molar-refractivity contribution in [3.8, 4) is 0 Å². The second-order valence-corrected chi connectivity index (χ2v) is 19.6. The van der Waals surface area contributed by atoms with Crippen LogP contribution in [-0.2, 0) is 18.4 Å². The quantitative estimate of drug-likeness (QED) is 0.549. The lowest BCUT2D eigenvalue weighted by molar-refractivity contribution is -0.119. The highest BCUT2D eigenvalue weighted by atomic mass is 28.4. The first-order chi connectivity index (χ1) is 10.5. The highest BCUT2D eigenvalue weighted by Gasteiger charge is 2.52. The molecule has 0 aromatic rings. The van der Waals surface area contributed by atoms with E-state index in [2.05, 4.69) is 67.7 Å². The first-order valence-corrected chi connectivity index (χ1v) is 14.8. The number of ether oxygens (including phenoxy) is 1. The summed E-state index contributed by atoms with van der Waals surface area (Å²) in [6.45, 7) is 22.2. The van der Waals surface area contributed by atoms with Gasteiger partial charge in [-0.3, -0.25) is 0 Å². The van der Waals surface area contributed by atoms with Gasteiger partial charge in [-0.25, -0.2) is 0 Å². The van der Waals surface area contributed by atoms with Crippen LogP contribution >= 0.6 is 0 Å². The third-order valence-corrected chi connectivity index (χ3v) is 15.0. The van der Waals surface area contributed by atoms with Gasteiger partial charge in [0.1, 0.15) is 20.1 Å². The van der Waals surface area contributed by atoms with Crippen molar-refractivity contribution in [2.45, 2.75) is 102 Å². The fourth-order valence-corrected chi connectivity index (χ4v) is 4.96. The van der Waals surface area contributed by atoms with E-state index in [1.165, 1.54) is 0 Å². The van der Waals surface area contributed by atoms with E-state index in [-0.39, 0.29) is 28.3 Å². The molecule has 0 spiro atoms. The number of hydrogen-bond donors (Lipinski definition) is 0. The molecule has 4 atom stereocenters. The van der Waals surface area contributed by atoms with Gasteiger partial charge in [0, 0.05) is 0 Å². The van der Waals surface area contributed by atoms with E-state index in [1.54, 1.807) is 0 Å². The van der Waals surface area contributed by atoms with Crippen molar-refractivity contribution in [3.05, 3.63) is 0 Å². The molecule has 24 heavy (non-hydrogen) atoms. The monoisotopic (exact) mass is 372 g/mol. The van der Waals surface area contributed by atoms with Gasteiger partial charge in [0.25, 0.3) is 0 Å². The second-order valence-electron chi connectivity index (χ2n) is 10.1. The lowest BCUT2D eigenvalue weighted by Crippen LogP contribution is -2.54. The van der Waals surface area contributed by atoms with E-state index < -0.39 is 22.7 Å². The van der Waals surface area contributed by atoms with Gasteiger partial charge in [-0.1, -0.05) is 41.5 Å². The first-order valence-electron chi connectivity index (χ1n) is 9.00. The van der Waals surface area contributed by atoms with E-state index in [1.807, 2.05) is 7.85 Å². The number of hydrogen-bond acceptors (Lipinski definition) is 4. The Morgan fingerprint density at radius 3 is 1.58 bits per heavy atom. The molecule has 1 heterocycles. The Morgan fingerprint density at radius 1 is 0.875 bits per heavy atom. The Bertz CT molecular complexity index is 454. The Kier molecular flexibility index (Phi) is 6.43. The second kappa shape index (κ2) is 6.99. The number of rotatable bonds is 5. The number of carbonyl (C=O) groups is 1. The third-order valence-electron chi connectivity index (χ3n) is 6.09. The van der Waals surface area contributed by atoms with E-state index in [0.29, 0.717) is 0 Å². The van der Waals surface area contributed by atoms with Gasteiger partial charge >= 0.3 is 0 Å². The van der Waals surface area contributed by atoms with Crippen molar-refractivity contribution in [1.82, 2.24) is 0 Å². The first kappa shape index (κ1) is 22.1. The molecule has 0 radical (unpaired) electrons. The largest absolute Gasteiger partial charge is 0.409 e. The van der Waals surface area contributed by atoms with Crippen LogP contribution in [0.3, 0.4) is 0 Å². The average Bonchev–Trinajstić information content (AvgIpc) is 2.63. The molecular weight excluding hydrogens is 335 g/mol. The lowest BCUT2D eigenvalue weighted by Gasteiger charge is -2.43. The van der Waals surface area contributed by atoms with Crippen LogP contribution in [0.4, 0.5) is 0 Å². The number of aldehydes is 1. The molecule has 1 unspecified atom stereocenters. The summed E-state index contributed by atoms with van der Waals surface area (Å²) in [5.74, 6) is 0. The average molecular weight is 372 g/mol. The Labute approximate surface area is 151 Å². The number of carbonyl (C=O) groups excluding carboxylic acids is 1. The molecule has 0 aromatic carbocycles. The van der Waals surface area contributed by atoms with Gasteiger partial charge in [-0.15, -0.1) is 0 Å². The van der Waals surface area contributed by atoms with Crippen molar-refractivity contribution >= 4 is 30.8 Å². The van der Waals surface area contributed by atoms with Gasteiger partial charge in [0.05, 0.1) is 12.1 Å². The lowest BCUT2D eigenvalue weighted by atomic mass is 9.93. The van der Waals surface area contributed by atoms with E-state index in [9.17, 15) is 4.79 Å². The van der Waals surface area contributed by atoms with E-state index in [0.717, 1.165) is 6.29 Å². The van der Waals surface area contributed by atoms with Gasteiger partial charge in [-0.2, -0.15) is 0 Å². The molecule has 0 N–H and O–H groups in total. The molecule has 0 bridgehead atoms. The summed E-state index contributed by atoms with van der Waals surface area (Å²) in [6, 6.07) is -0.135. The Hall–Kier alpha value is 0.0487. The molecule has 7 heteroatoms. The molecule has 0 aliphatic carbocycles. The molecule has 1 aliphatic rings. The molecule has 0 amide bonds. The van der Waals surface area contributed by atoms with E-state index >= 15 is 0 Å². The smallest absolute Gasteiger partial charge is 0.192 e. The van der Waals surface area contributed by atoms with Crippen molar-refractivity contribution in [2.24, 2.45) is 0 Å². The van der Waals surface area contributed by atoms with Crippen LogP contribution in [0.2, 0.25) is 36.3 Å². The maximum absolute atomic E-state index is 11.6. The third kappa shape index (κ3) is 4.61. The summed E-state index contributed by atoms with van der Waals surface area (Å²) in [6.07, 6.45) is -0.157. The standard InChI is InChI=1S/C17H37BO4Si2/c1-16(2,3)23(7,8)21-13-12(11-19)20-15(18)14(13)22-24(9,10)17(4,5)6/h11-15H,18H2,1-10H3/t12-,13-,14?,15-/m1/s1. The Morgan fingerprint density at radius 2 is 1.25 bits per heavy atom. The fourth-order valence-electron chi connectivity index (χ4n) is 2.30. The highest BCUT2D eigenvalue weighted by Crippen LogP contribution is 2.42. The van der Waals surface area contributed by atoms with Crippen LogP contribution < -0.4 is 0 Å². The van der Waals surface area contributed by atoms with Crippen LogP contribution in [0.1, 0.15) is 41.5 Å². The minimum Gasteiger partial charge on any atom is -0.409 e. The maximum Gasteiger partial charge on any atom is 0.192 e. The summed E-state index contributed by atoms with van der Waals surface area (Å²) in [7, 11) is -2.01. The molecule has 0 aromatic heterocycles. The summed E-state index contributed by atoms with van der Waals surface area (Å²) in [4.78, 5) is 11.6. The topological polar surface area (TPSA) is 44.8 Å². The van der Waals surface area contributed by atoms with Gasteiger partial charge in [-0.05, 0) is 36.3 Å². The molecule has 1 fully saturated rings. The summed E-state index contributed by atoms with van der Waals surface area (Å²) < 4.78 is 19.1. The van der Waals surface area contributed by atoms with Crippen molar-refractivity contribution in [1.29, 1.82) is 0 Å². The molecular formula is C17H37BO4Si2. The zero-order valence-corrected chi connectivity index (χ0v) is 19.5. The maximum atomic E-state index is 11.6. The van der Waals surface area contributed by atoms with Crippen molar-refractivity contribution < 1.29 is 18.4 Å². The van der Waals surface area contributed by atoms with Crippen LogP contribution in [0.5, 0.6) is 0 Å². The van der Waals surface area contributed by atoms with Crippen molar-refractivity contribution in [2.75, 3.05) is 0 Å². The molecule has 140 valence electrons. The predicted molar refractivity (Wildman–Crippen MR) is 107 cm³/mol. The molecule has 4 nitrogen and oxygen atoms in total. The Balaban J connectivity index is 3.10. The van der Waals surface area contributed by atoms with Crippen LogP contribution in [0.25, 0.3) is 0 Å². The molecule has 1 aliphatic heterocycles. The summed E-state index contributed by atoms with van der Waals surface area (Å²) >= 11 is 0. The summed E-state index contributed by atoms with van der Waals surface area (Å²) in [5, 5.41) is 0.182. The fraction of sp³-hybridized carbons (Fsp3) is 0.941. The van der Waals surface area contributed by atoms with Crippen molar-refractivity contribution in [3.63, 3.8) is 0 Å². The highest BCUT2D eigenvalue weighted by molar-refractivity contribution is 6.74. The van der Waals surface area contributed by atoms with Crippen LogP contribution in [-0.4, -0.2) is 55.1 Å². The predicted octanol–water partition coefficient (Wildman–Crippen LogP) is 3.32. The van der Waals surface area contributed by atoms with E-state index in [4.69, 9.17) is 13.6 Å². The SMILES string of the molecule is B[C@@H]1O[C@H](C=O)[C@@H](O[Si](C)(C)C(C)(C)C)C1O[Si](C)(C)C(C)(C)C. The molecule has 1 saturated heterocycles. The summed E-state index contributed by atoms with van der Waals surface area (Å²) in [5.41, 5.74) is 0. The molecule has 0 saturated carbocycles. The molecule has 1 rings (SSSR count). The van der Waals surface area contributed by atoms with Gasteiger partial charge < -0.3 is 18.4 Å². The van der Waals surface area contributed by atoms with Gasteiger partial charge in [0.15, 0.2) is 22.9 Å². The normalized spacial score (nSPS) is 29.8. The minimum absolute atomic E-state index is 0.0772. The van der Waals surface area contributed by atoms with Gasteiger partial charge in [0.2, 0.25) is 0 Å².